The molecule has 6 nitrogen and oxygen atoms in total. The molecule has 170 valence electrons. The Morgan fingerprint density at radius 1 is 1.06 bits per heavy atom. The summed E-state index contributed by atoms with van der Waals surface area (Å²) in [5, 5.41) is 6.32. The van der Waals surface area contributed by atoms with Crippen molar-refractivity contribution < 1.29 is 9.59 Å². The number of likely N-dealkylation sites (tertiary alicyclic amines) is 2. The SMILES string of the molecule is CCc1ccc(NC(=O)CN2CC[C@@H]3[C@@H](c4ccccc4)N(C)C[C@]3(NC(C)=O)C2)cc1. The maximum absolute atomic E-state index is 12.8. The summed E-state index contributed by atoms with van der Waals surface area (Å²) in [6.07, 6.45) is 1.91. The van der Waals surface area contributed by atoms with E-state index in [1.807, 2.05) is 30.3 Å². The van der Waals surface area contributed by atoms with E-state index in [9.17, 15) is 9.59 Å². The van der Waals surface area contributed by atoms with Crippen molar-refractivity contribution in [2.75, 3.05) is 38.5 Å². The van der Waals surface area contributed by atoms with E-state index in [1.54, 1.807) is 6.92 Å². The van der Waals surface area contributed by atoms with Gasteiger partial charge in [0.05, 0.1) is 12.1 Å². The van der Waals surface area contributed by atoms with E-state index in [0.717, 1.165) is 31.6 Å². The molecule has 2 heterocycles. The minimum atomic E-state index is -0.359. The number of benzene rings is 2. The van der Waals surface area contributed by atoms with Gasteiger partial charge in [0, 0.05) is 37.7 Å². The van der Waals surface area contributed by atoms with Gasteiger partial charge in [-0.15, -0.1) is 0 Å². The third-order valence-corrected chi connectivity index (χ3v) is 6.94. The zero-order valence-corrected chi connectivity index (χ0v) is 19.3. The first-order valence-electron chi connectivity index (χ1n) is 11.6. The van der Waals surface area contributed by atoms with Crippen molar-refractivity contribution in [1.82, 2.24) is 15.1 Å². The number of nitrogens with zero attached hydrogens (tertiary/aromatic N) is 2. The first-order valence-corrected chi connectivity index (χ1v) is 11.6. The summed E-state index contributed by atoms with van der Waals surface area (Å²) < 4.78 is 0. The van der Waals surface area contributed by atoms with Crippen molar-refractivity contribution in [3.63, 3.8) is 0 Å². The number of rotatable bonds is 6. The second kappa shape index (κ2) is 9.43. The summed E-state index contributed by atoms with van der Waals surface area (Å²) in [6, 6.07) is 18.8. The van der Waals surface area contributed by atoms with Crippen LogP contribution in [0.4, 0.5) is 5.69 Å². The highest BCUT2D eigenvalue weighted by Crippen LogP contribution is 2.46. The summed E-state index contributed by atoms with van der Waals surface area (Å²) in [5.41, 5.74) is 3.00. The van der Waals surface area contributed by atoms with Crippen LogP contribution in [-0.2, 0) is 16.0 Å². The Kier molecular flexibility index (Phi) is 6.63. The molecule has 2 saturated heterocycles. The first-order chi connectivity index (χ1) is 15.4. The van der Waals surface area contributed by atoms with Gasteiger partial charge >= 0.3 is 0 Å². The lowest BCUT2D eigenvalue weighted by molar-refractivity contribution is -0.122. The fourth-order valence-electron chi connectivity index (χ4n) is 5.69. The molecule has 0 bridgehead atoms. The minimum Gasteiger partial charge on any atom is -0.348 e. The molecule has 2 aromatic rings. The Hall–Kier alpha value is -2.70. The van der Waals surface area contributed by atoms with Gasteiger partial charge in [-0.3, -0.25) is 19.4 Å². The van der Waals surface area contributed by atoms with Gasteiger partial charge in [-0.1, -0.05) is 49.4 Å². The summed E-state index contributed by atoms with van der Waals surface area (Å²) in [7, 11) is 2.14. The zero-order valence-electron chi connectivity index (χ0n) is 19.3. The number of amides is 2. The number of hydrogen-bond donors (Lipinski definition) is 2. The predicted octanol–water partition coefficient (Wildman–Crippen LogP) is 3.07. The van der Waals surface area contributed by atoms with Crippen molar-refractivity contribution >= 4 is 17.5 Å². The summed E-state index contributed by atoms with van der Waals surface area (Å²) in [5.74, 6) is 0.274. The van der Waals surface area contributed by atoms with Crippen LogP contribution in [0.1, 0.15) is 37.4 Å². The maximum Gasteiger partial charge on any atom is 0.238 e. The van der Waals surface area contributed by atoms with Crippen LogP contribution in [0.25, 0.3) is 0 Å². The molecular weight excluding hydrogens is 400 g/mol. The molecule has 2 fully saturated rings. The molecule has 32 heavy (non-hydrogen) atoms. The van der Waals surface area contributed by atoms with Gasteiger partial charge < -0.3 is 10.6 Å². The van der Waals surface area contributed by atoms with Crippen molar-refractivity contribution in [2.45, 2.75) is 38.3 Å². The van der Waals surface area contributed by atoms with E-state index in [0.29, 0.717) is 19.0 Å². The Balaban J connectivity index is 1.47. The van der Waals surface area contributed by atoms with Gasteiger partial charge in [-0.25, -0.2) is 0 Å². The van der Waals surface area contributed by atoms with Crippen LogP contribution < -0.4 is 10.6 Å². The third-order valence-electron chi connectivity index (χ3n) is 6.94. The summed E-state index contributed by atoms with van der Waals surface area (Å²) >= 11 is 0. The molecule has 0 aromatic heterocycles. The van der Waals surface area contributed by atoms with E-state index in [4.69, 9.17) is 0 Å². The highest BCUT2D eigenvalue weighted by molar-refractivity contribution is 5.92. The Morgan fingerprint density at radius 2 is 1.78 bits per heavy atom. The van der Waals surface area contributed by atoms with Crippen LogP contribution in [0.2, 0.25) is 0 Å². The number of likely N-dealkylation sites (N-methyl/N-ethyl adjacent to an activating group) is 1. The van der Waals surface area contributed by atoms with Crippen molar-refractivity contribution in [2.24, 2.45) is 5.92 Å². The van der Waals surface area contributed by atoms with Gasteiger partial charge in [-0.2, -0.15) is 0 Å². The van der Waals surface area contributed by atoms with E-state index in [2.05, 4.69) is 58.7 Å². The molecule has 0 spiro atoms. The third kappa shape index (κ3) is 4.71. The smallest absolute Gasteiger partial charge is 0.238 e. The monoisotopic (exact) mass is 434 g/mol. The van der Waals surface area contributed by atoms with Crippen LogP contribution >= 0.6 is 0 Å². The average Bonchev–Trinajstić information content (AvgIpc) is 3.04. The molecule has 0 unspecified atom stereocenters. The zero-order chi connectivity index (χ0) is 22.7. The van der Waals surface area contributed by atoms with Crippen LogP contribution in [0.15, 0.2) is 54.6 Å². The molecule has 0 radical (unpaired) electrons. The second-order valence-corrected chi connectivity index (χ2v) is 9.31. The van der Waals surface area contributed by atoms with E-state index >= 15 is 0 Å². The van der Waals surface area contributed by atoms with E-state index < -0.39 is 0 Å². The molecular formula is C26H34N4O2. The van der Waals surface area contributed by atoms with Gasteiger partial charge in [-0.05, 0) is 49.7 Å². The molecule has 2 aliphatic heterocycles. The minimum absolute atomic E-state index is 0.0144. The molecule has 3 atom stereocenters. The quantitative estimate of drug-likeness (QED) is 0.734. The number of anilines is 1. The average molecular weight is 435 g/mol. The highest BCUT2D eigenvalue weighted by Gasteiger charge is 2.54. The highest BCUT2D eigenvalue weighted by atomic mass is 16.2. The van der Waals surface area contributed by atoms with Gasteiger partial charge in [0.25, 0.3) is 0 Å². The van der Waals surface area contributed by atoms with Crippen LogP contribution in [0.5, 0.6) is 0 Å². The lowest BCUT2D eigenvalue weighted by Crippen LogP contribution is -2.64. The first kappa shape index (κ1) is 22.5. The van der Waals surface area contributed by atoms with Gasteiger partial charge in [0.15, 0.2) is 0 Å². The predicted molar refractivity (Wildman–Crippen MR) is 127 cm³/mol. The largest absolute Gasteiger partial charge is 0.348 e. The molecule has 2 amide bonds. The van der Waals surface area contributed by atoms with Gasteiger partial charge in [0.1, 0.15) is 0 Å². The Morgan fingerprint density at radius 3 is 2.44 bits per heavy atom. The fourth-order valence-corrected chi connectivity index (χ4v) is 5.69. The molecule has 0 saturated carbocycles. The molecule has 2 aromatic carbocycles. The molecule has 2 aliphatic rings. The topological polar surface area (TPSA) is 64.7 Å². The van der Waals surface area contributed by atoms with Crippen LogP contribution in [0.3, 0.4) is 0 Å². The number of aryl methyl sites for hydroxylation is 1. The molecule has 2 N–H and O–H groups in total. The molecule has 6 heteroatoms. The standard InChI is InChI=1S/C26H34N4O2/c1-4-20-10-12-22(13-11-20)27-24(32)16-30-15-14-23-25(21-8-6-5-7-9-21)29(3)17-26(23,18-30)28-19(2)31/h5-13,23,25H,4,14-18H2,1-3H3,(H,27,32)(H,28,31)/t23-,25-,26+/m1/s1. The maximum atomic E-state index is 12.8. The number of carbonyl (C=O) groups is 2. The lowest BCUT2D eigenvalue weighted by Gasteiger charge is -2.45. The Labute approximate surface area is 191 Å². The van der Waals surface area contributed by atoms with Gasteiger partial charge in [0.2, 0.25) is 11.8 Å². The Bertz CT molecular complexity index is 946. The van der Waals surface area contributed by atoms with Crippen LogP contribution in [-0.4, -0.2) is 60.4 Å². The van der Waals surface area contributed by atoms with Crippen molar-refractivity contribution in [3.8, 4) is 0 Å². The number of piperidine rings is 1. The number of hydrogen-bond acceptors (Lipinski definition) is 4. The van der Waals surface area contributed by atoms with Crippen molar-refractivity contribution in [3.05, 3.63) is 65.7 Å². The number of carbonyl (C=O) groups excluding carboxylic acids is 2. The summed E-state index contributed by atoms with van der Waals surface area (Å²) in [4.78, 5) is 29.5. The lowest BCUT2D eigenvalue weighted by atomic mass is 9.75. The normalized spacial score (nSPS) is 25.8. The number of fused-ring (bicyclic) bond motifs is 1. The van der Waals surface area contributed by atoms with Crippen molar-refractivity contribution in [1.29, 1.82) is 0 Å². The molecule has 4 rings (SSSR count). The molecule has 0 aliphatic carbocycles. The fraction of sp³-hybridized carbons (Fsp3) is 0.462. The second-order valence-electron chi connectivity index (χ2n) is 9.31. The number of nitrogens with one attached hydrogen (secondary N) is 2. The van der Waals surface area contributed by atoms with Crippen LogP contribution in [0, 0.1) is 5.92 Å². The summed E-state index contributed by atoms with van der Waals surface area (Å²) in [6.45, 7) is 6.31. The van der Waals surface area contributed by atoms with E-state index in [-0.39, 0.29) is 23.4 Å². The van der Waals surface area contributed by atoms with E-state index in [1.165, 1.54) is 11.1 Å².